The van der Waals surface area contributed by atoms with Crippen LogP contribution in [0.5, 0.6) is 0 Å². The van der Waals surface area contributed by atoms with E-state index in [9.17, 15) is 4.79 Å². The first kappa shape index (κ1) is 12.0. The number of nitrogens with zero attached hydrogens (tertiary/aromatic N) is 2. The molecule has 3 nitrogen and oxygen atoms in total. The summed E-state index contributed by atoms with van der Waals surface area (Å²) < 4.78 is 1.99. The molecule has 0 amide bonds. The van der Waals surface area contributed by atoms with Gasteiger partial charge in [-0.15, -0.1) is 0 Å². The van der Waals surface area contributed by atoms with Crippen molar-refractivity contribution in [1.82, 2.24) is 9.47 Å². The first-order valence-corrected chi connectivity index (χ1v) is 5.48. The van der Waals surface area contributed by atoms with Gasteiger partial charge in [-0.2, -0.15) is 0 Å². The van der Waals surface area contributed by atoms with E-state index in [1.807, 2.05) is 23.7 Å². The molecular weight excluding hydrogens is 188 g/mol. The molecule has 0 aromatic carbocycles. The largest absolute Gasteiger partial charge is 0.344 e. The Kier molecular flexibility index (Phi) is 4.09. The summed E-state index contributed by atoms with van der Waals surface area (Å²) in [5, 5.41) is 0. The number of rotatable bonds is 5. The fraction of sp³-hybridized carbons (Fsp3) is 0.583. The molecule has 0 unspecified atom stereocenters. The maximum absolute atomic E-state index is 11.3. The van der Waals surface area contributed by atoms with E-state index in [0.29, 0.717) is 0 Å². The summed E-state index contributed by atoms with van der Waals surface area (Å²) in [4.78, 5) is 13.6. The Labute approximate surface area is 91.7 Å². The minimum Gasteiger partial charge on any atom is -0.344 e. The lowest BCUT2D eigenvalue weighted by Crippen LogP contribution is -2.23. The Morgan fingerprint density at radius 2 is 1.93 bits per heavy atom. The average Bonchev–Trinajstić information content (AvgIpc) is 2.56. The standard InChI is InChI=1S/C12H20N2O/c1-5-14(6-2)9-11-7-8-12(10(3)15)13(11)4/h7-8H,5-6,9H2,1-4H3. The predicted octanol–water partition coefficient (Wildman–Crippen LogP) is 2.07. The number of ketones is 1. The van der Waals surface area contributed by atoms with Gasteiger partial charge in [0.25, 0.3) is 0 Å². The van der Waals surface area contributed by atoms with Gasteiger partial charge in [-0.05, 0) is 25.2 Å². The van der Waals surface area contributed by atoms with Crippen molar-refractivity contribution in [3.05, 3.63) is 23.5 Å². The van der Waals surface area contributed by atoms with E-state index in [4.69, 9.17) is 0 Å². The van der Waals surface area contributed by atoms with Crippen molar-refractivity contribution < 1.29 is 4.79 Å². The molecule has 0 aliphatic heterocycles. The third kappa shape index (κ3) is 2.69. The molecule has 1 heterocycles. The van der Waals surface area contributed by atoms with Crippen molar-refractivity contribution in [3.63, 3.8) is 0 Å². The van der Waals surface area contributed by atoms with Crippen LogP contribution in [0.15, 0.2) is 12.1 Å². The molecule has 0 N–H and O–H groups in total. The monoisotopic (exact) mass is 208 g/mol. The molecule has 84 valence electrons. The smallest absolute Gasteiger partial charge is 0.176 e. The van der Waals surface area contributed by atoms with Gasteiger partial charge in [0, 0.05) is 26.2 Å². The number of hydrogen-bond donors (Lipinski definition) is 0. The molecule has 0 aliphatic carbocycles. The number of Topliss-reactive ketones (excluding diaryl/α,β-unsaturated/α-hetero) is 1. The molecule has 1 rings (SSSR count). The van der Waals surface area contributed by atoms with E-state index < -0.39 is 0 Å². The Morgan fingerprint density at radius 3 is 2.33 bits per heavy atom. The van der Waals surface area contributed by atoms with E-state index in [1.165, 1.54) is 5.69 Å². The molecule has 3 heteroatoms. The molecule has 0 atom stereocenters. The molecular formula is C12H20N2O. The zero-order valence-electron chi connectivity index (χ0n) is 10.1. The van der Waals surface area contributed by atoms with E-state index in [1.54, 1.807) is 6.92 Å². The molecule has 0 fully saturated rings. The van der Waals surface area contributed by atoms with Crippen molar-refractivity contribution in [2.45, 2.75) is 27.3 Å². The van der Waals surface area contributed by atoms with Crippen LogP contribution >= 0.6 is 0 Å². The Bertz CT molecular complexity index is 337. The van der Waals surface area contributed by atoms with Gasteiger partial charge in [0.05, 0.1) is 5.69 Å². The number of carbonyl (C=O) groups excluding carboxylic acids is 1. The van der Waals surface area contributed by atoms with Crippen LogP contribution in [0.4, 0.5) is 0 Å². The summed E-state index contributed by atoms with van der Waals surface area (Å²) in [5.74, 6) is 0.128. The molecule has 1 aromatic heterocycles. The maximum Gasteiger partial charge on any atom is 0.176 e. The second-order valence-electron chi connectivity index (χ2n) is 3.79. The lowest BCUT2D eigenvalue weighted by atomic mass is 10.3. The van der Waals surface area contributed by atoms with Crippen LogP contribution in [0.2, 0.25) is 0 Å². The number of hydrogen-bond acceptors (Lipinski definition) is 2. The van der Waals surface area contributed by atoms with E-state index in [2.05, 4.69) is 18.7 Å². The van der Waals surface area contributed by atoms with Crippen molar-refractivity contribution in [1.29, 1.82) is 0 Å². The minimum absolute atomic E-state index is 0.128. The normalized spacial score (nSPS) is 11.0. The van der Waals surface area contributed by atoms with Crippen LogP contribution in [-0.2, 0) is 13.6 Å². The second kappa shape index (κ2) is 5.12. The zero-order chi connectivity index (χ0) is 11.4. The summed E-state index contributed by atoms with van der Waals surface area (Å²) in [7, 11) is 1.95. The summed E-state index contributed by atoms with van der Waals surface area (Å²) in [6.45, 7) is 8.90. The Morgan fingerprint density at radius 1 is 1.33 bits per heavy atom. The highest BCUT2D eigenvalue weighted by molar-refractivity contribution is 5.92. The molecule has 1 aromatic rings. The van der Waals surface area contributed by atoms with Crippen LogP contribution in [-0.4, -0.2) is 28.3 Å². The number of carbonyl (C=O) groups is 1. The van der Waals surface area contributed by atoms with Gasteiger partial charge in [-0.1, -0.05) is 13.8 Å². The van der Waals surface area contributed by atoms with Gasteiger partial charge in [-0.25, -0.2) is 0 Å². The van der Waals surface area contributed by atoms with Crippen LogP contribution in [0.25, 0.3) is 0 Å². The first-order valence-electron chi connectivity index (χ1n) is 5.48. The maximum atomic E-state index is 11.3. The zero-order valence-corrected chi connectivity index (χ0v) is 10.1. The Balaban J connectivity index is 2.82. The highest BCUT2D eigenvalue weighted by Gasteiger charge is 2.10. The minimum atomic E-state index is 0.128. The summed E-state index contributed by atoms with van der Waals surface area (Å²) in [6, 6.07) is 3.94. The van der Waals surface area contributed by atoms with Crippen LogP contribution < -0.4 is 0 Å². The van der Waals surface area contributed by atoms with E-state index in [-0.39, 0.29) is 5.78 Å². The topological polar surface area (TPSA) is 25.2 Å². The molecule has 15 heavy (non-hydrogen) atoms. The van der Waals surface area contributed by atoms with Gasteiger partial charge in [0.1, 0.15) is 0 Å². The van der Waals surface area contributed by atoms with Gasteiger partial charge in [0.15, 0.2) is 5.78 Å². The summed E-state index contributed by atoms with van der Waals surface area (Å²) in [6.07, 6.45) is 0. The van der Waals surface area contributed by atoms with Gasteiger partial charge < -0.3 is 4.57 Å². The fourth-order valence-electron chi connectivity index (χ4n) is 1.74. The molecule has 0 bridgehead atoms. The van der Waals surface area contributed by atoms with Crippen molar-refractivity contribution in [2.75, 3.05) is 13.1 Å². The second-order valence-corrected chi connectivity index (χ2v) is 3.79. The van der Waals surface area contributed by atoms with E-state index in [0.717, 1.165) is 25.3 Å². The quantitative estimate of drug-likeness (QED) is 0.692. The van der Waals surface area contributed by atoms with Gasteiger partial charge in [-0.3, -0.25) is 9.69 Å². The molecule has 0 saturated carbocycles. The highest BCUT2D eigenvalue weighted by Crippen LogP contribution is 2.10. The van der Waals surface area contributed by atoms with Crippen molar-refractivity contribution in [3.8, 4) is 0 Å². The van der Waals surface area contributed by atoms with E-state index >= 15 is 0 Å². The van der Waals surface area contributed by atoms with Gasteiger partial charge in [0.2, 0.25) is 0 Å². The summed E-state index contributed by atoms with van der Waals surface area (Å²) >= 11 is 0. The van der Waals surface area contributed by atoms with Crippen molar-refractivity contribution in [2.24, 2.45) is 7.05 Å². The van der Waals surface area contributed by atoms with Crippen molar-refractivity contribution >= 4 is 5.78 Å². The highest BCUT2D eigenvalue weighted by atomic mass is 16.1. The molecule has 0 saturated heterocycles. The summed E-state index contributed by atoms with van der Waals surface area (Å²) in [5.41, 5.74) is 1.99. The van der Waals surface area contributed by atoms with Crippen LogP contribution in [0.3, 0.4) is 0 Å². The fourth-order valence-corrected chi connectivity index (χ4v) is 1.74. The third-order valence-corrected chi connectivity index (χ3v) is 2.87. The predicted molar refractivity (Wildman–Crippen MR) is 62.0 cm³/mol. The van der Waals surface area contributed by atoms with Gasteiger partial charge >= 0.3 is 0 Å². The Hall–Kier alpha value is -1.09. The average molecular weight is 208 g/mol. The van der Waals surface area contributed by atoms with Crippen LogP contribution in [0, 0.1) is 0 Å². The molecule has 0 spiro atoms. The molecule has 0 aliphatic rings. The third-order valence-electron chi connectivity index (χ3n) is 2.87. The van der Waals surface area contributed by atoms with Crippen LogP contribution in [0.1, 0.15) is 37.0 Å². The number of aromatic nitrogens is 1. The first-order chi connectivity index (χ1) is 7.10. The lowest BCUT2D eigenvalue weighted by molar-refractivity contribution is 0.100. The lowest BCUT2D eigenvalue weighted by Gasteiger charge is -2.18. The SMILES string of the molecule is CCN(CC)Cc1ccc(C(C)=O)n1C. The molecule has 0 radical (unpaired) electrons.